The predicted octanol–water partition coefficient (Wildman–Crippen LogP) is 2.72. The summed E-state index contributed by atoms with van der Waals surface area (Å²) < 4.78 is 16.5. The number of ether oxygens (including phenoxy) is 3. The fourth-order valence-electron chi connectivity index (χ4n) is 1.60. The molecule has 0 spiro atoms. The molecule has 0 aliphatic carbocycles. The number of benzene rings is 1. The maximum Gasteiger partial charge on any atom is 0.188 e. The Bertz CT molecular complexity index is 385. The highest BCUT2D eigenvalue weighted by atomic mass is 79.9. The van der Waals surface area contributed by atoms with Crippen molar-refractivity contribution in [2.24, 2.45) is 5.73 Å². The Morgan fingerprint density at radius 1 is 1.33 bits per heavy atom. The minimum absolute atomic E-state index is 0.160. The van der Waals surface area contributed by atoms with E-state index in [4.69, 9.17) is 19.9 Å². The summed E-state index contributed by atoms with van der Waals surface area (Å²) in [6.07, 6.45) is 1.76. The van der Waals surface area contributed by atoms with Crippen LogP contribution in [0.5, 0.6) is 11.5 Å². The Morgan fingerprint density at radius 3 is 2.61 bits per heavy atom. The van der Waals surface area contributed by atoms with Crippen LogP contribution in [-0.2, 0) is 11.2 Å². The molecule has 18 heavy (non-hydrogen) atoms. The molecule has 2 N–H and O–H groups in total. The van der Waals surface area contributed by atoms with Crippen molar-refractivity contribution in [3.8, 4) is 11.5 Å². The standard InChI is InChI=1S/C13H20BrNO3/c1-4-10(15)5-9-6-11(14)13(18-8-16-2)12(7-9)17-3/h6-7,10H,4-5,8,15H2,1-3H3. The van der Waals surface area contributed by atoms with E-state index < -0.39 is 0 Å². The molecule has 0 aliphatic rings. The third-order valence-electron chi connectivity index (χ3n) is 2.63. The Kier molecular flexibility index (Phi) is 6.46. The highest BCUT2D eigenvalue weighted by molar-refractivity contribution is 9.10. The third kappa shape index (κ3) is 4.15. The summed E-state index contributed by atoms with van der Waals surface area (Å²) in [5, 5.41) is 0. The molecule has 0 radical (unpaired) electrons. The van der Waals surface area contributed by atoms with Crippen LogP contribution in [0.2, 0.25) is 0 Å². The summed E-state index contributed by atoms with van der Waals surface area (Å²) in [6.45, 7) is 2.26. The van der Waals surface area contributed by atoms with Crippen molar-refractivity contribution in [3.63, 3.8) is 0 Å². The second-order valence-corrected chi connectivity index (χ2v) is 4.89. The molecule has 1 aromatic rings. The molecule has 0 saturated heterocycles. The van der Waals surface area contributed by atoms with Crippen molar-refractivity contribution < 1.29 is 14.2 Å². The second-order valence-electron chi connectivity index (χ2n) is 4.03. The third-order valence-corrected chi connectivity index (χ3v) is 3.22. The number of nitrogens with two attached hydrogens (primary N) is 1. The van der Waals surface area contributed by atoms with Crippen molar-refractivity contribution in [1.82, 2.24) is 0 Å². The SMILES string of the molecule is CCC(N)Cc1cc(Br)c(OCOC)c(OC)c1. The van der Waals surface area contributed by atoms with Gasteiger partial charge in [-0.25, -0.2) is 0 Å². The Balaban J connectivity index is 2.95. The summed E-state index contributed by atoms with van der Waals surface area (Å²) in [5.41, 5.74) is 7.08. The zero-order chi connectivity index (χ0) is 13.5. The van der Waals surface area contributed by atoms with E-state index in [-0.39, 0.29) is 12.8 Å². The van der Waals surface area contributed by atoms with Gasteiger partial charge in [-0.2, -0.15) is 0 Å². The van der Waals surface area contributed by atoms with Gasteiger partial charge in [-0.05, 0) is 46.5 Å². The van der Waals surface area contributed by atoms with Gasteiger partial charge in [0.15, 0.2) is 18.3 Å². The van der Waals surface area contributed by atoms with Crippen LogP contribution >= 0.6 is 15.9 Å². The van der Waals surface area contributed by atoms with E-state index in [9.17, 15) is 0 Å². The molecule has 5 heteroatoms. The average Bonchev–Trinajstić information content (AvgIpc) is 2.36. The molecule has 0 heterocycles. The number of hydrogen-bond acceptors (Lipinski definition) is 4. The fraction of sp³-hybridized carbons (Fsp3) is 0.538. The van der Waals surface area contributed by atoms with Gasteiger partial charge in [0.1, 0.15) is 0 Å². The van der Waals surface area contributed by atoms with E-state index in [0.717, 1.165) is 22.9 Å². The Labute approximate surface area is 117 Å². The minimum atomic E-state index is 0.160. The van der Waals surface area contributed by atoms with Crippen molar-refractivity contribution in [2.75, 3.05) is 21.0 Å². The van der Waals surface area contributed by atoms with Gasteiger partial charge in [0.2, 0.25) is 0 Å². The lowest BCUT2D eigenvalue weighted by atomic mass is 10.0. The summed E-state index contributed by atoms with van der Waals surface area (Å²) in [5.74, 6) is 1.33. The first-order valence-corrected chi connectivity index (χ1v) is 6.65. The molecule has 0 fully saturated rings. The van der Waals surface area contributed by atoms with Crippen molar-refractivity contribution in [2.45, 2.75) is 25.8 Å². The van der Waals surface area contributed by atoms with E-state index in [1.807, 2.05) is 12.1 Å². The number of methoxy groups -OCH3 is 2. The normalized spacial score (nSPS) is 12.3. The Hall–Kier alpha value is -0.780. The molecule has 0 amide bonds. The molecule has 1 atom stereocenters. The largest absolute Gasteiger partial charge is 0.493 e. The van der Waals surface area contributed by atoms with Crippen LogP contribution in [0, 0.1) is 0 Å². The second kappa shape index (κ2) is 7.61. The van der Waals surface area contributed by atoms with Crippen LogP contribution < -0.4 is 15.2 Å². The number of hydrogen-bond donors (Lipinski definition) is 1. The molecular formula is C13H20BrNO3. The quantitative estimate of drug-likeness (QED) is 0.786. The molecule has 1 aromatic carbocycles. The highest BCUT2D eigenvalue weighted by Crippen LogP contribution is 2.36. The lowest BCUT2D eigenvalue weighted by molar-refractivity contribution is 0.0486. The van der Waals surface area contributed by atoms with Crippen LogP contribution in [0.1, 0.15) is 18.9 Å². The van der Waals surface area contributed by atoms with Crippen LogP contribution in [0.25, 0.3) is 0 Å². The summed E-state index contributed by atoms with van der Waals surface area (Å²) in [6, 6.07) is 4.11. The van der Waals surface area contributed by atoms with Gasteiger partial charge in [0.25, 0.3) is 0 Å². The molecule has 0 bridgehead atoms. The first-order valence-electron chi connectivity index (χ1n) is 5.86. The van der Waals surface area contributed by atoms with Gasteiger partial charge in [-0.1, -0.05) is 6.92 Å². The van der Waals surface area contributed by atoms with Crippen molar-refractivity contribution in [1.29, 1.82) is 0 Å². The van der Waals surface area contributed by atoms with Crippen LogP contribution in [-0.4, -0.2) is 27.1 Å². The van der Waals surface area contributed by atoms with Gasteiger partial charge in [0.05, 0.1) is 11.6 Å². The lowest BCUT2D eigenvalue weighted by Crippen LogP contribution is -2.21. The van der Waals surface area contributed by atoms with E-state index in [1.54, 1.807) is 14.2 Å². The molecular weight excluding hydrogens is 298 g/mol. The smallest absolute Gasteiger partial charge is 0.188 e. The molecule has 4 nitrogen and oxygen atoms in total. The zero-order valence-corrected chi connectivity index (χ0v) is 12.6. The minimum Gasteiger partial charge on any atom is -0.493 e. The average molecular weight is 318 g/mol. The maximum atomic E-state index is 5.96. The van der Waals surface area contributed by atoms with Crippen LogP contribution in [0.15, 0.2) is 16.6 Å². The molecule has 1 rings (SSSR count). The van der Waals surface area contributed by atoms with E-state index >= 15 is 0 Å². The predicted molar refractivity (Wildman–Crippen MR) is 75.2 cm³/mol. The maximum absolute atomic E-state index is 5.96. The summed E-state index contributed by atoms with van der Waals surface area (Å²) >= 11 is 3.48. The molecule has 1 unspecified atom stereocenters. The van der Waals surface area contributed by atoms with Gasteiger partial charge in [-0.15, -0.1) is 0 Å². The first-order chi connectivity index (χ1) is 8.62. The number of rotatable bonds is 7. The van der Waals surface area contributed by atoms with Gasteiger partial charge in [-0.3, -0.25) is 0 Å². The lowest BCUT2D eigenvalue weighted by Gasteiger charge is -2.15. The highest BCUT2D eigenvalue weighted by Gasteiger charge is 2.13. The van der Waals surface area contributed by atoms with Crippen LogP contribution in [0.4, 0.5) is 0 Å². The van der Waals surface area contributed by atoms with Gasteiger partial charge < -0.3 is 19.9 Å². The van der Waals surface area contributed by atoms with Gasteiger partial charge >= 0.3 is 0 Å². The van der Waals surface area contributed by atoms with E-state index in [1.165, 1.54) is 0 Å². The van der Waals surface area contributed by atoms with Crippen molar-refractivity contribution >= 4 is 15.9 Å². The van der Waals surface area contributed by atoms with Crippen molar-refractivity contribution in [3.05, 3.63) is 22.2 Å². The zero-order valence-electron chi connectivity index (χ0n) is 11.0. The summed E-state index contributed by atoms with van der Waals surface area (Å²) in [7, 11) is 3.19. The van der Waals surface area contributed by atoms with Crippen LogP contribution in [0.3, 0.4) is 0 Å². The molecule has 0 aliphatic heterocycles. The molecule has 0 aromatic heterocycles. The topological polar surface area (TPSA) is 53.7 Å². The molecule has 0 saturated carbocycles. The molecule has 102 valence electrons. The Morgan fingerprint density at radius 2 is 2.06 bits per heavy atom. The first kappa shape index (κ1) is 15.3. The van der Waals surface area contributed by atoms with E-state index in [2.05, 4.69) is 22.9 Å². The summed E-state index contributed by atoms with van der Waals surface area (Å²) in [4.78, 5) is 0. The van der Waals surface area contributed by atoms with E-state index in [0.29, 0.717) is 11.5 Å². The fourth-order valence-corrected chi connectivity index (χ4v) is 2.20. The monoisotopic (exact) mass is 317 g/mol. The number of halogens is 1. The van der Waals surface area contributed by atoms with Gasteiger partial charge in [0, 0.05) is 13.2 Å².